The second-order valence-corrected chi connectivity index (χ2v) is 11.5. The van der Waals surface area contributed by atoms with Gasteiger partial charge in [0.2, 0.25) is 0 Å². The zero-order valence-corrected chi connectivity index (χ0v) is 23.8. The van der Waals surface area contributed by atoms with Crippen molar-refractivity contribution in [1.29, 1.82) is 0 Å². The minimum Gasteiger partial charge on any atom is -0.463 e. The number of aliphatic hydroxyl groups excluding tert-OH is 6. The molecule has 1 fully saturated rings. The molecule has 0 radical (unpaired) electrons. The number of carbonyl (C=O) groups excluding carboxylic acids is 1. The molecule has 0 amide bonds. The van der Waals surface area contributed by atoms with Crippen molar-refractivity contribution in [3.63, 3.8) is 0 Å². The molecule has 0 aromatic carbocycles. The van der Waals surface area contributed by atoms with Crippen molar-refractivity contribution in [2.45, 2.75) is 133 Å². The van der Waals surface area contributed by atoms with Crippen molar-refractivity contribution in [3.05, 3.63) is 12.2 Å². The van der Waals surface area contributed by atoms with Crippen molar-refractivity contribution in [1.82, 2.24) is 0 Å². The Morgan fingerprint density at radius 2 is 1.26 bits per heavy atom. The van der Waals surface area contributed by atoms with E-state index < -0.39 is 69.7 Å². The molecule has 0 spiro atoms. The first-order valence-corrected chi connectivity index (χ1v) is 15.5. The van der Waals surface area contributed by atoms with Crippen molar-refractivity contribution in [3.8, 4) is 0 Å². The Kier molecular flexibility index (Phi) is 18.6. The fraction of sp³-hybridized carbons (Fsp3) is 0.885. The van der Waals surface area contributed by atoms with Gasteiger partial charge in [-0.15, -0.1) is 0 Å². The molecule has 0 heterocycles. The summed E-state index contributed by atoms with van der Waals surface area (Å²) in [5.74, 6) is -0.517. The van der Waals surface area contributed by atoms with Crippen molar-refractivity contribution < 1.29 is 58.7 Å². The van der Waals surface area contributed by atoms with E-state index in [4.69, 9.17) is 4.74 Å². The number of phosphoric acid groups is 1. The quantitative estimate of drug-likeness (QED) is 0.0447. The third kappa shape index (κ3) is 15.0. The van der Waals surface area contributed by atoms with Gasteiger partial charge in [0.1, 0.15) is 49.3 Å². The Labute approximate surface area is 231 Å². The van der Waals surface area contributed by atoms with E-state index in [-0.39, 0.29) is 6.42 Å². The normalized spacial score (nSPS) is 27.9. The number of carbonyl (C=O) groups is 1. The van der Waals surface area contributed by atoms with E-state index in [1.807, 2.05) is 0 Å². The van der Waals surface area contributed by atoms with E-state index >= 15 is 0 Å². The molecular weight excluding hydrogens is 535 g/mol. The molecule has 230 valence electrons. The van der Waals surface area contributed by atoms with E-state index in [1.54, 1.807) is 0 Å². The molecule has 0 aromatic heterocycles. The monoisotopic (exact) mass is 584 g/mol. The molecule has 1 rings (SSSR count). The van der Waals surface area contributed by atoms with Crippen molar-refractivity contribution >= 4 is 13.8 Å². The highest BCUT2D eigenvalue weighted by atomic mass is 31.2. The number of ether oxygens (including phenoxy) is 1. The number of aliphatic hydroxyl groups is 6. The fourth-order valence-electron chi connectivity index (χ4n) is 4.16. The highest BCUT2D eigenvalue weighted by Gasteiger charge is 2.51. The molecule has 8 atom stereocenters. The molecule has 7 N–H and O–H groups in total. The Morgan fingerprint density at radius 3 is 1.82 bits per heavy atom. The lowest BCUT2D eigenvalue weighted by Gasteiger charge is -2.41. The summed E-state index contributed by atoms with van der Waals surface area (Å²) in [6, 6.07) is 0. The molecule has 39 heavy (non-hydrogen) atoms. The zero-order chi connectivity index (χ0) is 29.3. The topological polar surface area (TPSA) is 203 Å². The number of hydrogen-bond donors (Lipinski definition) is 7. The fourth-order valence-corrected chi connectivity index (χ4v) is 5.14. The van der Waals surface area contributed by atoms with Crippen LogP contribution in [0.2, 0.25) is 0 Å². The van der Waals surface area contributed by atoms with Crippen LogP contribution in [0.4, 0.5) is 0 Å². The van der Waals surface area contributed by atoms with Crippen LogP contribution in [-0.2, 0) is 23.1 Å². The van der Waals surface area contributed by atoms with E-state index in [1.165, 1.54) is 25.7 Å². The molecule has 0 saturated heterocycles. The van der Waals surface area contributed by atoms with Crippen LogP contribution in [0.1, 0.15) is 90.4 Å². The van der Waals surface area contributed by atoms with Gasteiger partial charge in [0.15, 0.2) is 0 Å². The number of phosphoric ester groups is 1. The second-order valence-electron chi connectivity index (χ2n) is 10.1. The van der Waals surface area contributed by atoms with Gasteiger partial charge in [0, 0.05) is 6.42 Å². The van der Waals surface area contributed by atoms with E-state index in [0.717, 1.165) is 44.9 Å². The molecular formula is C26H49O12P. The van der Waals surface area contributed by atoms with E-state index in [2.05, 4.69) is 28.1 Å². The third-order valence-corrected chi connectivity index (χ3v) is 7.57. The lowest BCUT2D eigenvalue weighted by molar-refractivity contribution is -0.220. The maximum Gasteiger partial charge on any atom is 0.472 e. The molecule has 3 unspecified atom stereocenters. The second kappa shape index (κ2) is 20.0. The number of unbranched alkanes of at least 4 members (excludes halogenated alkanes) is 10. The first kappa shape index (κ1) is 36.1. The summed E-state index contributed by atoms with van der Waals surface area (Å²) in [5.41, 5.74) is 0. The maximum absolute atomic E-state index is 12.1. The predicted octanol–water partition coefficient (Wildman–Crippen LogP) is 1.86. The molecule has 12 nitrogen and oxygen atoms in total. The maximum atomic E-state index is 12.1. The number of allylic oxidation sites excluding steroid dienone is 2. The molecule has 0 bridgehead atoms. The third-order valence-electron chi connectivity index (χ3n) is 6.59. The standard InChI is InChI=1S/C26H49O12P/c1-2-3-4-5-6-7-8-9-10-11-12-13-14-15-16-20(28)36-17-19(27)18-37-39(34,35)38-26-24(32)22(30)21(29)23(31)25(26)33/h7-8,19,21-27,29-33H,2-6,9-18H2,1H3,(H,34,35)/b8-7-/t19-,21?,22-,23+,24-,25-,26?/m1/s1. The van der Waals surface area contributed by atoms with Crippen LogP contribution in [-0.4, -0.2) is 97.4 Å². The first-order chi connectivity index (χ1) is 18.5. The SMILES string of the molecule is CCCCCC/C=C\CCCCCCCCC(=O)OC[C@@H](O)COP(=O)(O)OC1[C@H](O)[C@H](O)C(O)[C@H](O)[C@H]1O. The molecule has 1 aliphatic rings. The minimum atomic E-state index is -4.98. The van der Waals surface area contributed by atoms with E-state index in [0.29, 0.717) is 6.42 Å². The van der Waals surface area contributed by atoms with Gasteiger partial charge in [-0.05, 0) is 32.1 Å². The van der Waals surface area contributed by atoms with Gasteiger partial charge < -0.3 is 40.3 Å². The smallest absolute Gasteiger partial charge is 0.463 e. The van der Waals surface area contributed by atoms with Gasteiger partial charge >= 0.3 is 13.8 Å². The Balaban J connectivity index is 2.11. The lowest BCUT2D eigenvalue weighted by Crippen LogP contribution is -2.64. The van der Waals surface area contributed by atoms with Gasteiger partial charge in [-0.3, -0.25) is 13.8 Å². The van der Waals surface area contributed by atoms with Crippen LogP contribution < -0.4 is 0 Å². The Morgan fingerprint density at radius 1 is 0.769 bits per heavy atom. The van der Waals surface area contributed by atoms with Crippen LogP contribution in [0.15, 0.2) is 12.2 Å². The Bertz CT molecular complexity index is 720. The predicted molar refractivity (Wildman–Crippen MR) is 142 cm³/mol. The summed E-state index contributed by atoms with van der Waals surface area (Å²) in [5, 5.41) is 58.5. The van der Waals surface area contributed by atoms with E-state index in [9.17, 15) is 44.9 Å². The van der Waals surface area contributed by atoms with Gasteiger partial charge in [0.05, 0.1) is 6.61 Å². The highest BCUT2D eigenvalue weighted by Crippen LogP contribution is 2.47. The summed E-state index contributed by atoms with van der Waals surface area (Å²) in [6.45, 7) is 0.952. The molecule has 0 aromatic rings. The average Bonchev–Trinajstić information content (AvgIpc) is 2.91. The van der Waals surface area contributed by atoms with Gasteiger partial charge in [0.25, 0.3) is 0 Å². The van der Waals surface area contributed by atoms with Crippen LogP contribution in [0, 0.1) is 0 Å². The number of esters is 1. The minimum absolute atomic E-state index is 0.184. The van der Waals surface area contributed by atoms with Crippen molar-refractivity contribution in [2.24, 2.45) is 0 Å². The molecule has 1 aliphatic carbocycles. The van der Waals surface area contributed by atoms with Gasteiger partial charge in [-0.1, -0.05) is 64.0 Å². The summed E-state index contributed by atoms with van der Waals surface area (Å²) >= 11 is 0. The van der Waals surface area contributed by atoms with Crippen molar-refractivity contribution in [2.75, 3.05) is 13.2 Å². The van der Waals surface area contributed by atoms with Crippen LogP contribution in [0.3, 0.4) is 0 Å². The lowest BCUT2D eigenvalue weighted by atomic mass is 9.85. The first-order valence-electron chi connectivity index (χ1n) is 14.0. The zero-order valence-electron chi connectivity index (χ0n) is 22.9. The van der Waals surface area contributed by atoms with Crippen LogP contribution in [0.5, 0.6) is 0 Å². The van der Waals surface area contributed by atoms with Crippen LogP contribution >= 0.6 is 7.82 Å². The summed E-state index contributed by atoms with van der Waals surface area (Å²) < 4.78 is 26.3. The average molecular weight is 585 g/mol. The molecule has 0 aliphatic heterocycles. The Hall–Kier alpha value is -0.920. The summed E-state index contributed by atoms with van der Waals surface area (Å²) in [7, 11) is -4.98. The van der Waals surface area contributed by atoms with Crippen LogP contribution in [0.25, 0.3) is 0 Å². The summed E-state index contributed by atoms with van der Waals surface area (Å²) in [6.07, 6.45) is 4.91. The summed E-state index contributed by atoms with van der Waals surface area (Å²) in [4.78, 5) is 21.7. The number of hydrogen-bond acceptors (Lipinski definition) is 11. The van der Waals surface area contributed by atoms with Gasteiger partial charge in [-0.2, -0.15) is 0 Å². The number of rotatable bonds is 21. The molecule has 13 heteroatoms. The van der Waals surface area contributed by atoms with Gasteiger partial charge in [-0.25, -0.2) is 4.57 Å². The molecule has 1 saturated carbocycles. The highest BCUT2D eigenvalue weighted by molar-refractivity contribution is 7.47. The largest absolute Gasteiger partial charge is 0.472 e.